The summed E-state index contributed by atoms with van der Waals surface area (Å²) in [4.78, 5) is 37.1. The van der Waals surface area contributed by atoms with Crippen LogP contribution in [0.2, 0.25) is 0 Å². The molecular formula is C33H38BFN4O6. The van der Waals surface area contributed by atoms with Gasteiger partial charge in [0.05, 0.1) is 16.6 Å². The Bertz CT molecular complexity index is 1700. The number of amides is 2. The lowest BCUT2D eigenvalue weighted by atomic mass is 9.77. The van der Waals surface area contributed by atoms with Crippen LogP contribution in [0.1, 0.15) is 61.1 Å². The van der Waals surface area contributed by atoms with Crippen LogP contribution in [0.5, 0.6) is 0 Å². The second-order valence-electron chi connectivity index (χ2n) is 13.3. The topological polar surface area (TPSA) is 112 Å². The Balaban J connectivity index is 1.74. The molecule has 236 valence electrons. The maximum Gasteiger partial charge on any atom is 0.497 e. The van der Waals surface area contributed by atoms with Gasteiger partial charge in [-0.05, 0) is 85.9 Å². The van der Waals surface area contributed by atoms with Crippen molar-refractivity contribution in [2.24, 2.45) is 0 Å². The third-order valence-corrected chi connectivity index (χ3v) is 7.99. The van der Waals surface area contributed by atoms with Crippen molar-refractivity contribution in [2.75, 3.05) is 4.90 Å². The molecule has 1 atom stereocenters. The van der Waals surface area contributed by atoms with E-state index in [0.717, 1.165) is 5.69 Å². The molecule has 2 aliphatic rings. The fourth-order valence-electron chi connectivity index (χ4n) is 4.88. The van der Waals surface area contributed by atoms with Gasteiger partial charge in [-0.3, -0.25) is 4.98 Å². The number of anilines is 1. The van der Waals surface area contributed by atoms with Crippen LogP contribution in [0, 0.1) is 12.7 Å². The van der Waals surface area contributed by atoms with Crippen LogP contribution in [0.3, 0.4) is 0 Å². The zero-order valence-corrected chi connectivity index (χ0v) is 27.0. The number of fused-ring (bicyclic) bond motifs is 1. The van der Waals surface area contributed by atoms with Crippen molar-refractivity contribution < 1.29 is 32.8 Å². The van der Waals surface area contributed by atoms with E-state index in [9.17, 15) is 9.59 Å². The molecule has 3 aromatic rings. The second kappa shape index (κ2) is 11.3. The molecule has 1 fully saturated rings. The number of dihydropyridines is 1. The summed E-state index contributed by atoms with van der Waals surface area (Å²) in [7, 11) is -0.908. The van der Waals surface area contributed by atoms with Crippen LogP contribution in [0.4, 0.5) is 19.8 Å². The number of allylic oxidation sites excluding steroid dienone is 2. The lowest BCUT2D eigenvalue weighted by Gasteiger charge is -2.32. The minimum Gasteiger partial charge on any atom is -0.443 e. The highest BCUT2D eigenvalue weighted by molar-refractivity contribution is 6.65. The third-order valence-electron chi connectivity index (χ3n) is 7.99. The summed E-state index contributed by atoms with van der Waals surface area (Å²) < 4.78 is 40.9. The number of hydrogen-bond acceptors (Lipinski definition) is 9. The predicted octanol–water partition coefficient (Wildman–Crippen LogP) is 6.31. The van der Waals surface area contributed by atoms with Gasteiger partial charge in [0, 0.05) is 40.9 Å². The molecule has 2 aliphatic heterocycles. The van der Waals surface area contributed by atoms with E-state index < -0.39 is 47.7 Å². The number of carbonyl (C=O) groups is 2. The Morgan fingerprint density at radius 2 is 1.64 bits per heavy atom. The largest absolute Gasteiger partial charge is 0.497 e. The predicted molar refractivity (Wildman–Crippen MR) is 170 cm³/mol. The van der Waals surface area contributed by atoms with E-state index in [-0.39, 0.29) is 16.8 Å². The van der Waals surface area contributed by atoms with Crippen LogP contribution < -0.4 is 15.7 Å². The van der Waals surface area contributed by atoms with Crippen LogP contribution >= 0.6 is 0 Å². The van der Waals surface area contributed by atoms with Gasteiger partial charge in [0.25, 0.3) is 0 Å². The first-order valence-corrected chi connectivity index (χ1v) is 14.7. The molecule has 5 rings (SSSR count). The average Bonchev–Trinajstić information content (AvgIpc) is 3.14. The zero-order valence-electron chi connectivity index (χ0n) is 27.0. The first kappa shape index (κ1) is 32.1. The van der Waals surface area contributed by atoms with Crippen molar-refractivity contribution in [1.82, 2.24) is 15.3 Å². The number of benzene rings is 1. The zero-order chi connectivity index (χ0) is 32.9. The van der Waals surface area contributed by atoms with Crippen molar-refractivity contribution in [3.63, 3.8) is 0 Å². The van der Waals surface area contributed by atoms with Crippen molar-refractivity contribution in [2.45, 2.75) is 84.8 Å². The Hall–Kier alpha value is -4.29. The monoisotopic (exact) mass is 616 g/mol. The van der Waals surface area contributed by atoms with Gasteiger partial charge in [-0.1, -0.05) is 24.3 Å². The number of rotatable bonds is 4. The molecule has 12 heteroatoms. The smallest absolute Gasteiger partial charge is 0.443 e. The molecule has 10 nitrogen and oxygen atoms in total. The van der Waals surface area contributed by atoms with E-state index in [1.54, 1.807) is 82.6 Å². The molecule has 0 saturated carbocycles. The molecular weight excluding hydrogens is 578 g/mol. The maximum atomic E-state index is 16.9. The van der Waals surface area contributed by atoms with Gasteiger partial charge in [-0.2, -0.15) is 4.90 Å². The third kappa shape index (κ3) is 6.30. The fraction of sp³-hybridized carbons (Fsp3) is 0.394. The molecule has 2 aromatic heterocycles. The number of pyridine rings is 2. The first-order chi connectivity index (χ1) is 20.9. The molecule has 0 spiro atoms. The normalized spacial score (nSPS) is 20.2. The summed E-state index contributed by atoms with van der Waals surface area (Å²) >= 11 is 0. The highest BCUT2D eigenvalue weighted by Crippen LogP contribution is 2.39. The van der Waals surface area contributed by atoms with Gasteiger partial charge in [-0.15, -0.1) is 0 Å². The van der Waals surface area contributed by atoms with E-state index in [4.69, 9.17) is 18.8 Å². The molecule has 45 heavy (non-hydrogen) atoms. The number of hydrogen-bond donors (Lipinski definition) is 1. The van der Waals surface area contributed by atoms with Crippen LogP contribution in [-0.4, -0.2) is 51.8 Å². The SMILES string of the molecule is Cc1ccc(-c2ccc3c(B4OC(C)(C)C(C)(C)O4)cnc(N(C(=O)OC(C)(C)C)C(=O)OC4(C)C=CC=CN4)c3c2F)cn1. The molecule has 0 aliphatic carbocycles. The molecule has 1 saturated heterocycles. The Labute approximate surface area is 262 Å². The Morgan fingerprint density at radius 3 is 2.22 bits per heavy atom. The molecule has 2 amide bonds. The van der Waals surface area contributed by atoms with Crippen LogP contribution in [0.25, 0.3) is 21.9 Å². The number of nitrogens with zero attached hydrogens (tertiary/aromatic N) is 3. The molecule has 1 N–H and O–H groups in total. The summed E-state index contributed by atoms with van der Waals surface area (Å²) in [5.74, 6) is -1.05. The van der Waals surface area contributed by atoms with Crippen molar-refractivity contribution >= 4 is 41.4 Å². The molecule has 1 unspecified atom stereocenters. The van der Waals surface area contributed by atoms with Crippen LogP contribution in [-0.2, 0) is 18.8 Å². The molecule has 1 aromatic carbocycles. The average molecular weight is 616 g/mol. The summed E-state index contributed by atoms with van der Waals surface area (Å²) in [5, 5.41) is 3.14. The Kier molecular flexibility index (Phi) is 8.04. The maximum absolute atomic E-state index is 16.9. The van der Waals surface area contributed by atoms with Crippen molar-refractivity contribution in [1.29, 1.82) is 0 Å². The van der Waals surface area contributed by atoms with Gasteiger partial charge < -0.3 is 24.1 Å². The summed E-state index contributed by atoms with van der Waals surface area (Å²) in [6, 6.07) is 6.81. The summed E-state index contributed by atoms with van der Waals surface area (Å²) in [5.41, 5.74) is -1.81. The highest BCUT2D eigenvalue weighted by Gasteiger charge is 2.52. The van der Waals surface area contributed by atoms with Gasteiger partial charge >= 0.3 is 19.3 Å². The number of imide groups is 1. The quantitative estimate of drug-likeness (QED) is 0.337. The van der Waals surface area contributed by atoms with E-state index in [1.807, 2.05) is 34.6 Å². The number of aromatic nitrogens is 2. The standard InChI is InChI=1S/C33H38BFN4O6/c1-20-12-13-21(18-36-20)22-14-15-23-24(34-44-31(5,6)32(7,8)45-34)19-37-27(25(23)26(22)35)39(28(40)42-30(2,3)4)29(41)43-33(9)16-10-11-17-38-33/h10-19,38H,1-9H3. The number of carbonyl (C=O) groups excluding carboxylic acids is 2. The van der Waals surface area contributed by atoms with Gasteiger partial charge in [0.15, 0.2) is 5.82 Å². The van der Waals surface area contributed by atoms with Gasteiger partial charge in [0.1, 0.15) is 11.4 Å². The number of aryl methyl sites for hydroxylation is 1. The fourth-order valence-corrected chi connectivity index (χ4v) is 4.88. The molecule has 0 radical (unpaired) electrons. The minimum atomic E-state index is -1.30. The number of nitrogens with one attached hydrogen (secondary N) is 1. The molecule has 0 bridgehead atoms. The van der Waals surface area contributed by atoms with Gasteiger partial charge in [0.2, 0.25) is 5.72 Å². The van der Waals surface area contributed by atoms with E-state index >= 15 is 4.39 Å². The Morgan fingerprint density at radius 1 is 0.956 bits per heavy atom. The van der Waals surface area contributed by atoms with Crippen molar-refractivity contribution in [3.8, 4) is 11.1 Å². The van der Waals surface area contributed by atoms with E-state index in [0.29, 0.717) is 21.3 Å². The summed E-state index contributed by atoms with van der Waals surface area (Å²) in [6.45, 7) is 16.0. The number of halogens is 1. The molecule has 4 heterocycles. The number of ether oxygens (including phenoxy) is 2. The van der Waals surface area contributed by atoms with E-state index in [1.165, 1.54) is 6.20 Å². The van der Waals surface area contributed by atoms with Crippen molar-refractivity contribution in [3.05, 3.63) is 72.6 Å². The first-order valence-electron chi connectivity index (χ1n) is 14.7. The lowest BCUT2D eigenvalue weighted by molar-refractivity contribution is 0.00578. The lowest BCUT2D eigenvalue weighted by Crippen LogP contribution is -2.49. The highest BCUT2D eigenvalue weighted by atomic mass is 19.1. The van der Waals surface area contributed by atoms with Gasteiger partial charge in [-0.25, -0.2) is 19.0 Å². The van der Waals surface area contributed by atoms with Crippen LogP contribution in [0.15, 0.2) is 61.1 Å². The minimum absolute atomic E-state index is 0.125. The second-order valence-corrected chi connectivity index (χ2v) is 13.3. The van der Waals surface area contributed by atoms with E-state index in [2.05, 4.69) is 15.3 Å². The summed E-state index contributed by atoms with van der Waals surface area (Å²) in [6.07, 6.45) is 7.37.